The van der Waals surface area contributed by atoms with Gasteiger partial charge in [0, 0.05) is 18.7 Å². The molecule has 0 bridgehead atoms. The van der Waals surface area contributed by atoms with Crippen molar-refractivity contribution in [3.63, 3.8) is 0 Å². The molecule has 0 unspecified atom stereocenters. The van der Waals surface area contributed by atoms with E-state index in [1.54, 1.807) is 18.2 Å². The Morgan fingerprint density at radius 2 is 1.73 bits per heavy atom. The van der Waals surface area contributed by atoms with Crippen molar-refractivity contribution in [1.29, 1.82) is 0 Å². The number of carbonyl (C=O) groups is 1. The van der Waals surface area contributed by atoms with E-state index in [4.69, 9.17) is 0 Å². The smallest absolute Gasteiger partial charge is 0.271 e. The first-order valence-corrected chi connectivity index (χ1v) is 12.6. The van der Waals surface area contributed by atoms with E-state index in [0.29, 0.717) is 6.54 Å². The monoisotopic (exact) mass is 474 g/mol. The number of rotatable bonds is 10. The summed E-state index contributed by atoms with van der Waals surface area (Å²) in [5.74, 6) is -0.461. The van der Waals surface area contributed by atoms with Crippen molar-refractivity contribution < 1.29 is 18.1 Å². The van der Waals surface area contributed by atoms with Gasteiger partial charge in [-0.15, -0.1) is 0 Å². The van der Waals surface area contributed by atoms with Gasteiger partial charge in [0.2, 0.25) is 5.91 Å². The van der Waals surface area contributed by atoms with Crippen molar-refractivity contribution in [3.8, 4) is 0 Å². The van der Waals surface area contributed by atoms with Gasteiger partial charge in [-0.2, -0.15) is 0 Å². The van der Waals surface area contributed by atoms with Crippen LogP contribution in [0.3, 0.4) is 0 Å². The average molecular weight is 475 g/mol. The largest absolute Gasteiger partial charge is 0.354 e. The molecule has 0 radical (unpaired) electrons. The van der Waals surface area contributed by atoms with Crippen LogP contribution in [0.5, 0.6) is 0 Å². The first-order valence-electron chi connectivity index (χ1n) is 11.2. The third-order valence-electron chi connectivity index (χ3n) is 5.62. The van der Waals surface area contributed by atoms with Gasteiger partial charge in [-0.1, -0.05) is 37.1 Å². The Hall–Kier alpha value is -2.98. The molecule has 1 amide bonds. The van der Waals surface area contributed by atoms with Crippen LogP contribution in [0, 0.1) is 10.1 Å². The van der Waals surface area contributed by atoms with Crippen molar-refractivity contribution in [3.05, 3.63) is 64.7 Å². The summed E-state index contributed by atoms with van der Waals surface area (Å²) in [6.45, 7) is 3.00. The second-order valence-corrected chi connectivity index (χ2v) is 9.92. The van der Waals surface area contributed by atoms with Crippen LogP contribution in [0.15, 0.2) is 59.5 Å². The number of nitro benzene ring substituents is 1. The third-order valence-corrected chi connectivity index (χ3v) is 7.41. The fourth-order valence-corrected chi connectivity index (χ4v) is 5.31. The highest BCUT2D eigenvalue weighted by atomic mass is 32.2. The van der Waals surface area contributed by atoms with Crippen LogP contribution >= 0.6 is 0 Å². The maximum atomic E-state index is 13.3. The van der Waals surface area contributed by atoms with Crippen LogP contribution in [0.25, 0.3) is 0 Å². The van der Waals surface area contributed by atoms with Gasteiger partial charge in [0.1, 0.15) is 6.54 Å². The number of hydrogen-bond donors (Lipinski definition) is 1. The molecule has 1 fully saturated rings. The molecular formula is C23H30N4O5S. The first-order chi connectivity index (χ1) is 15.9. The van der Waals surface area contributed by atoms with Gasteiger partial charge < -0.3 is 10.2 Å². The lowest BCUT2D eigenvalue weighted by Gasteiger charge is -2.24. The van der Waals surface area contributed by atoms with Crippen molar-refractivity contribution in [2.75, 3.05) is 37.0 Å². The van der Waals surface area contributed by atoms with Crippen LogP contribution < -0.4 is 9.62 Å². The van der Waals surface area contributed by atoms with Gasteiger partial charge in [-0.25, -0.2) is 8.42 Å². The number of amides is 1. The topological polar surface area (TPSA) is 113 Å². The fourth-order valence-electron chi connectivity index (χ4n) is 3.87. The number of anilines is 1. The zero-order valence-electron chi connectivity index (χ0n) is 18.6. The molecule has 0 aromatic heterocycles. The van der Waals surface area contributed by atoms with Crippen molar-refractivity contribution in [2.24, 2.45) is 0 Å². The Labute approximate surface area is 194 Å². The Morgan fingerprint density at radius 3 is 2.39 bits per heavy atom. The minimum absolute atomic E-state index is 0.00506. The molecule has 1 N–H and O–H groups in total. The third kappa shape index (κ3) is 7.00. The van der Waals surface area contributed by atoms with Gasteiger partial charge in [-0.05, 0) is 57.1 Å². The summed E-state index contributed by atoms with van der Waals surface area (Å²) in [5.41, 5.74) is -0.189. The zero-order valence-corrected chi connectivity index (χ0v) is 19.4. The second-order valence-electron chi connectivity index (χ2n) is 8.06. The molecular weight excluding hydrogens is 444 g/mol. The van der Waals surface area contributed by atoms with E-state index in [1.165, 1.54) is 56.0 Å². The van der Waals surface area contributed by atoms with Gasteiger partial charge >= 0.3 is 0 Å². The summed E-state index contributed by atoms with van der Waals surface area (Å²) in [7, 11) is -4.10. The number of benzene rings is 2. The molecule has 1 aliphatic rings. The van der Waals surface area contributed by atoms with E-state index < -0.39 is 27.4 Å². The lowest BCUT2D eigenvalue weighted by Crippen LogP contribution is -2.41. The molecule has 10 heteroatoms. The van der Waals surface area contributed by atoms with Gasteiger partial charge in [0.25, 0.3) is 15.7 Å². The number of carbonyl (C=O) groups excluding carboxylic acids is 1. The molecule has 0 spiro atoms. The lowest BCUT2D eigenvalue weighted by atomic mass is 10.2. The highest BCUT2D eigenvalue weighted by Gasteiger charge is 2.28. The number of likely N-dealkylation sites (tertiary alicyclic amines) is 1. The van der Waals surface area contributed by atoms with E-state index in [1.807, 2.05) is 0 Å². The standard InChI is InChI=1S/C23H30N4O5S/c28-23(24-14-9-17-25-15-6-1-2-7-16-25)19-26(20-10-8-11-21(18-20)27(29)30)33(31,32)22-12-4-3-5-13-22/h3-5,8,10-13,18H,1-2,6-7,9,14-17,19H2,(H,24,28). The Kier molecular flexibility index (Phi) is 8.79. The van der Waals surface area contributed by atoms with E-state index >= 15 is 0 Å². The lowest BCUT2D eigenvalue weighted by molar-refractivity contribution is -0.384. The number of nitrogens with zero attached hydrogens (tertiary/aromatic N) is 3. The van der Waals surface area contributed by atoms with Crippen LogP contribution in [-0.2, 0) is 14.8 Å². The Bertz CT molecular complexity index is 1040. The van der Waals surface area contributed by atoms with Crippen molar-refractivity contribution in [2.45, 2.75) is 37.0 Å². The molecule has 0 aliphatic carbocycles. The van der Waals surface area contributed by atoms with Crippen molar-refractivity contribution >= 4 is 27.3 Å². The minimum atomic E-state index is -4.10. The predicted molar refractivity (Wildman–Crippen MR) is 127 cm³/mol. The summed E-state index contributed by atoms with van der Waals surface area (Å²) in [5, 5.41) is 14.0. The molecule has 1 aliphatic heterocycles. The van der Waals surface area contributed by atoms with Gasteiger partial charge in [0.15, 0.2) is 0 Å². The number of nitro groups is 1. The van der Waals surface area contributed by atoms with Crippen LogP contribution in [0.2, 0.25) is 0 Å². The summed E-state index contributed by atoms with van der Waals surface area (Å²) in [6.07, 6.45) is 5.69. The quantitative estimate of drug-likeness (QED) is 0.321. The molecule has 9 nitrogen and oxygen atoms in total. The van der Waals surface area contributed by atoms with E-state index in [9.17, 15) is 23.3 Å². The molecule has 3 rings (SSSR count). The zero-order chi connectivity index (χ0) is 23.7. The highest BCUT2D eigenvalue weighted by molar-refractivity contribution is 7.92. The molecule has 33 heavy (non-hydrogen) atoms. The number of hydrogen-bond acceptors (Lipinski definition) is 6. The highest BCUT2D eigenvalue weighted by Crippen LogP contribution is 2.26. The maximum Gasteiger partial charge on any atom is 0.271 e. The summed E-state index contributed by atoms with van der Waals surface area (Å²) in [6, 6.07) is 13.0. The summed E-state index contributed by atoms with van der Waals surface area (Å²) >= 11 is 0. The van der Waals surface area contributed by atoms with E-state index in [-0.39, 0.29) is 16.3 Å². The minimum Gasteiger partial charge on any atom is -0.354 e. The van der Waals surface area contributed by atoms with Gasteiger partial charge in [0.05, 0.1) is 15.5 Å². The van der Waals surface area contributed by atoms with Crippen LogP contribution in [0.1, 0.15) is 32.1 Å². The molecule has 2 aromatic carbocycles. The molecule has 1 heterocycles. The summed E-state index contributed by atoms with van der Waals surface area (Å²) < 4.78 is 27.5. The van der Waals surface area contributed by atoms with Crippen LogP contribution in [0.4, 0.5) is 11.4 Å². The molecule has 178 valence electrons. The number of sulfonamides is 1. The number of nitrogens with one attached hydrogen (secondary N) is 1. The molecule has 0 atom stereocenters. The normalized spacial score (nSPS) is 14.9. The SMILES string of the molecule is O=C(CN(c1cccc([N+](=O)[O-])c1)S(=O)(=O)c1ccccc1)NCCCN1CCCCCC1. The molecule has 2 aromatic rings. The van der Waals surface area contributed by atoms with Crippen LogP contribution in [-0.4, -0.2) is 56.9 Å². The number of non-ortho nitro benzene ring substituents is 1. The fraction of sp³-hybridized carbons (Fsp3) is 0.435. The average Bonchev–Trinajstić information content (AvgIpc) is 3.10. The summed E-state index contributed by atoms with van der Waals surface area (Å²) in [4.78, 5) is 25.7. The van der Waals surface area contributed by atoms with Gasteiger partial charge in [-0.3, -0.25) is 19.2 Å². The Morgan fingerprint density at radius 1 is 1.03 bits per heavy atom. The van der Waals surface area contributed by atoms with E-state index in [0.717, 1.165) is 36.4 Å². The Balaban J connectivity index is 1.69. The van der Waals surface area contributed by atoms with Crippen molar-refractivity contribution in [1.82, 2.24) is 10.2 Å². The molecule has 1 saturated heterocycles. The second kappa shape index (κ2) is 11.8. The molecule has 0 saturated carbocycles. The first kappa shape index (κ1) is 24.7. The predicted octanol–water partition coefficient (Wildman–Crippen LogP) is 3.17. The van der Waals surface area contributed by atoms with E-state index in [2.05, 4.69) is 10.2 Å². The maximum absolute atomic E-state index is 13.3.